The highest BCUT2D eigenvalue weighted by Gasteiger charge is 2.27. The zero-order chi connectivity index (χ0) is 12.5. The van der Waals surface area contributed by atoms with Crippen LogP contribution in [0.3, 0.4) is 0 Å². The van der Waals surface area contributed by atoms with E-state index in [0.717, 1.165) is 6.07 Å². The Kier molecular flexibility index (Phi) is 3.44. The number of aryl methyl sites for hydroxylation is 1. The summed E-state index contributed by atoms with van der Waals surface area (Å²) in [7, 11) is -4.49. The summed E-state index contributed by atoms with van der Waals surface area (Å²) < 4.78 is 10.9. The van der Waals surface area contributed by atoms with Crippen molar-refractivity contribution in [2.45, 2.75) is 12.7 Å². The predicted molar refractivity (Wildman–Crippen MR) is 56.8 cm³/mol. The molecule has 16 heavy (non-hydrogen) atoms. The van der Waals surface area contributed by atoms with Gasteiger partial charge in [-0.3, -0.25) is 14.7 Å². The summed E-state index contributed by atoms with van der Waals surface area (Å²) in [6.07, 6.45) is 0. The van der Waals surface area contributed by atoms with Gasteiger partial charge in [0.1, 0.15) is 5.78 Å². The molecule has 1 aromatic rings. The zero-order valence-corrected chi connectivity index (χ0v) is 9.29. The van der Waals surface area contributed by atoms with Crippen LogP contribution >= 0.6 is 7.60 Å². The largest absolute Gasteiger partial charge is 0.346 e. The number of benzene rings is 1. The van der Waals surface area contributed by atoms with Crippen LogP contribution in [-0.4, -0.2) is 14.7 Å². The molecule has 1 rings (SSSR count). The topological polar surface area (TPSA) is 127 Å². The molecule has 4 N–H and O–H groups in total. The fourth-order valence-corrected chi connectivity index (χ4v) is 1.75. The first-order valence-corrected chi connectivity index (χ1v) is 5.97. The number of nitro groups is 1. The van der Waals surface area contributed by atoms with Crippen LogP contribution in [0.1, 0.15) is 16.9 Å². The van der Waals surface area contributed by atoms with Crippen LogP contribution in [-0.2, 0) is 4.57 Å². The van der Waals surface area contributed by atoms with Gasteiger partial charge < -0.3 is 15.5 Å². The van der Waals surface area contributed by atoms with E-state index in [9.17, 15) is 14.7 Å². The van der Waals surface area contributed by atoms with Gasteiger partial charge in [-0.25, -0.2) is 0 Å². The van der Waals surface area contributed by atoms with Gasteiger partial charge in [0, 0.05) is 11.6 Å². The van der Waals surface area contributed by atoms with E-state index in [1.54, 1.807) is 0 Å². The molecule has 0 aliphatic heterocycles. The van der Waals surface area contributed by atoms with E-state index < -0.39 is 18.3 Å². The Morgan fingerprint density at radius 2 is 2.06 bits per heavy atom. The van der Waals surface area contributed by atoms with Crippen LogP contribution in [0.25, 0.3) is 0 Å². The fourth-order valence-electron chi connectivity index (χ4n) is 1.20. The first kappa shape index (κ1) is 12.8. The second-order valence-electron chi connectivity index (χ2n) is 3.34. The molecular formula is C8H11N2O5P. The normalized spacial score (nSPS) is 13.5. The van der Waals surface area contributed by atoms with Gasteiger partial charge in [0.15, 0.2) is 0 Å². The number of rotatable bonds is 3. The van der Waals surface area contributed by atoms with Crippen molar-refractivity contribution in [2.24, 2.45) is 5.73 Å². The maximum absolute atomic E-state index is 10.9. The van der Waals surface area contributed by atoms with Gasteiger partial charge >= 0.3 is 7.60 Å². The molecule has 0 aromatic heterocycles. The fraction of sp³-hybridized carbons (Fsp3) is 0.250. The molecule has 1 atom stereocenters. The molecule has 8 heteroatoms. The Labute approximate surface area is 91.2 Å². The third-order valence-electron chi connectivity index (χ3n) is 2.13. The third-order valence-corrected chi connectivity index (χ3v) is 3.16. The molecule has 1 aromatic carbocycles. The van der Waals surface area contributed by atoms with Crippen LogP contribution in [0, 0.1) is 17.0 Å². The van der Waals surface area contributed by atoms with E-state index in [1.807, 2.05) is 0 Å². The molecule has 0 fully saturated rings. The molecule has 0 radical (unpaired) electrons. The van der Waals surface area contributed by atoms with Crippen molar-refractivity contribution < 1.29 is 19.3 Å². The Bertz CT molecular complexity index is 469. The maximum Gasteiger partial charge on any atom is 0.346 e. The number of hydrogen-bond acceptors (Lipinski definition) is 4. The number of hydrogen-bond donors (Lipinski definition) is 3. The summed E-state index contributed by atoms with van der Waals surface area (Å²) in [4.78, 5) is 27.7. The minimum Gasteiger partial charge on any atom is -0.323 e. The standard InChI is InChI=1S/C8H11N2O5P/c1-5-2-3-6(4-7(5)10(11)12)8(9)16(13,14)15/h2-4,8H,9H2,1H3,(H2,13,14,15)/t8-/m0/s1. The molecule has 0 aliphatic rings. The highest BCUT2D eigenvalue weighted by Crippen LogP contribution is 2.48. The van der Waals surface area contributed by atoms with Gasteiger partial charge in [-0.05, 0) is 12.5 Å². The molecule has 0 heterocycles. The zero-order valence-electron chi connectivity index (χ0n) is 8.40. The second kappa shape index (κ2) is 4.31. The minimum atomic E-state index is -4.49. The Balaban J connectivity index is 3.23. The molecule has 88 valence electrons. The summed E-state index contributed by atoms with van der Waals surface area (Å²) in [5, 5.41) is 10.6. The lowest BCUT2D eigenvalue weighted by Crippen LogP contribution is -2.11. The van der Waals surface area contributed by atoms with Crippen LogP contribution < -0.4 is 5.73 Å². The molecule has 0 saturated carbocycles. The molecular weight excluding hydrogens is 235 g/mol. The van der Waals surface area contributed by atoms with Crippen molar-refractivity contribution >= 4 is 13.3 Å². The summed E-state index contributed by atoms with van der Waals surface area (Å²) in [5.41, 5.74) is 5.55. The smallest absolute Gasteiger partial charge is 0.323 e. The summed E-state index contributed by atoms with van der Waals surface area (Å²) in [6, 6.07) is 3.86. The second-order valence-corrected chi connectivity index (χ2v) is 5.07. The highest BCUT2D eigenvalue weighted by molar-refractivity contribution is 7.52. The van der Waals surface area contributed by atoms with Crippen LogP contribution in [0.15, 0.2) is 18.2 Å². The van der Waals surface area contributed by atoms with Crippen LogP contribution in [0.4, 0.5) is 5.69 Å². The number of nitrogens with two attached hydrogens (primary N) is 1. The van der Waals surface area contributed by atoms with E-state index in [0.29, 0.717) is 5.56 Å². The van der Waals surface area contributed by atoms with Crippen molar-refractivity contribution in [3.05, 3.63) is 39.4 Å². The third kappa shape index (κ3) is 2.65. The van der Waals surface area contributed by atoms with E-state index in [-0.39, 0.29) is 11.3 Å². The van der Waals surface area contributed by atoms with Gasteiger partial charge in [-0.2, -0.15) is 0 Å². The molecule has 0 unspecified atom stereocenters. The average Bonchev–Trinajstić information content (AvgIpc) is 2.15. The minimum absolute atomic E-state index is 0.0469. The van der Waals surface area contributed by atoms with Crippen molar-refractivity contribution in [1.82, 2.24) is 0 Å². The lowest BCUT2D eigenvalue weighted by Gasteiger charge is -2.13. The van der Waals surface area contributed by atoms with Crippen molar-refractivity contribution in [1.29, 1.82) is 0 Å². The Morgan fingerprint density at radius 1 is 1.50 bits per heavy atom. The Morgan fingerprint density at radius 3 is 2.50 bits per heavy atom. The van der Waals surface area contributed by atoms with Crippen molar-refractivity contribution in [3.63, 3.8) is 0 Å². The van der Waals surface area contributed by atoms with Crippen molar-refractivity contribution in [2.75, 3.05) is 0 Å². The van der Waals surface area contributed by atoms with Gasteiger partial charge in [-0.15, -0.1) is 0 Å². The molecule has 7 nitrogen and oxygen atoms in total. The first-order valence-electron chi connectivity index (χ1n) is 4.29. The lowest BCUT2D eigenvalue weighted by molar-refractivity contribution is -0.385. The highest BCUT2D eigenvalue weighted by atomic mass is 31.2. The van der Waals surface area contributed by atoms with Gasteiger partial charge in [0.05, 0.1) is 4.92 Å². The molecule has 0 bridgehead atoms. The lowest BCUT2D eigenvalue weighted by atomic mass is 10.1. The molecule has 0 aliphatic carbocycles. The predicted octanol–water partition coefficient (Wildman–Crippen LogP) is 1.04. The average molecular weight is 246 g/mol. The summed E-state index contributed by atoms with van der Waals surface area (Å²) >= 11 is 0. The number of nitro benzene ring substituents is 1. The van der Waals surface area contributed by atoms with Crippen LogP contribution in [0.2, 0.25) is 0 Å². The maximum atomic E-state index is 10.9. The van der Waals surface area contributed by atoms with Gasteiger partial charge in [0.25, 0.3) is 5.69 Å². The number of nitrogens with zero attached hydrogens (tertiary/aromatic N) is 1. The van der Waals surface area contributed by atoms with Crippen molar-refractivity contribution in [3.8, 4) is 0 Å². The molecule has 0 amide bonds. The first-order chi connectivity index (χ1) is 7.23. The summed E-state index contributed by atoms with van der Waals surface area (Å²) in [6.45, 7) is 1.53. The van der Waals surface area contributed by atoms with Crippen LogP contribution in [0.5, 0.6) is 0 Å². The Hall–Kier alpha value is -1.27. The van der Waals surface area contributed by atoms with E-state index >= 15 is 0 Å². The molecule has 0 saturated heterocycles. The summed E-state index contributed by atoms with van der Waals surface area (Å²) in [5.74, 6) is -1.54. The van der Waals surface area contributed by atoms with E-state index in [4.69, 9.17) is 15.5 Å². The molecule has 0 spiro atoms. The van der Waals surface area contributed by atoms with E-state index in [2.05, 4.69) is 0 Å². The van der Waals surface area contributed by atoms with E-state index in [1.165, 1.54) is 19.1 Å². The SMILES string of the molecule is Cc1ccc([C@@H](N)P(=O)(O)O)cc1[N+](=O)[O-]. The monoisotopic (exact) mass is 246 g/mol. The quantitative estimate of drug-likeness (QED) is 0.415. The van der Waals surface area contributed by atoms with Gasteiger partial charge in [0.2, 0.25) is 0 Å². The van der Waals surface area contributed by atoms with Gasteiger partial charge in [-0.1, -0.05) is 12.1 Å².